The molecule has 0 aliphatic carbocycles. The van der Waals surface area contributed by atoms with Crippen molar-refractivity contribution in [3.05, 3.63) is 82.9 Å². The Balaban J connectivity index is 1.49. The number of rotatable bonds is 5. The van der Waals surface area contributed by atoms with Crippen molar-refractivity contribution in [1.29, 1.82) is 0 Å². The van der Waals surface area contributed by atoms with Gasteiger partial charge in [-0.25, -0.2) is 9.78 Å². The van der Waals surface area contributed by atoms with Crippen LogP contribution >= 0.6 is 11.6 Å². The Kier molecular flexibility index (Phi) is 5.50. The van der Waals surface area contributed by atoms with Crippen LogP contribution in [0.1, 0.15) is 15.9 Å². The zero-order valence-corrected chi connectivity index (χ0v) is 16.9. The second-order valence-electron chi connectivity index (χ2n) is 6.73. The minimum absolute atomic E-state index is 0.322. The molecule has 0 saturated carbocycles. The first-order chi connectivity index (χ1) is 14.5. The highest BCUT2D eigenvalue weighted by atomic mass is 35.5. The molecule has 30 heavy (non-hydrogen) atoms. The summed E-state index contributed by atoms with van der Waals surface area (Å²) < 4.78 is 5.24. The van der Waals surface area contributed by atoms with Gasteiger partial charge in [0.1, 0.15) is 5.82 Å². The van der Waals surface area contributed by atoms with E-state index in [9.17, 15) is 9.59 Å². The monoisotopic (exact) mass is 419 g/mol. The van der Waals surface area contributed by atoms with Crippen molar-refractivity contribution in [2.45, 2.75) is 6.92 Å². The molecular formula is C23H18ClN3O3. The summed E-state index contributed by atoms with van der Waals surface area (Å²) in [6, 6.07) is 19.8. The number of amides is 1. The molecule has 0 fully saturated rings. The largest absolute Gasteiger partial charge is 0.452 e. The van der Waals surface area contributed by atoms with Crippen LogP contribution in [0.15, 0.2) is 66.7 Å². The fourth-order valence-electron chi connectivity index (χ4n) is 3.07. The van der Waals surface area contributed by atoms with Crippen molar-refractivity contribution >= 4 is 40.2 Å². The Labute approximate surface area is 177 Å². The van der Waals surface area contributed by atoms with Gasteiger partial charge in [0, 0.05) is 16.3 Å². The van der Waals surface area contributed by atoms with Gasteiger partial charge in [-0.3, -0.25) is 4.79 Å². The van der Waals surface area contributed by atoms with Crippen LogP contribution in [0.5, 0.6) is 0 Å². The molecule has 0 unspecified atom stereocenters. The molecule has 4 aromatic rings. The predicted octanol–water partition coefficient (Wildman–Crippen LogP) is 4.99. The Morgan fingerprint density at radius 3 is 2.67 bits per heavy atom. The van der Waals surface area contributed by atoms with Crippen molar-refractivity contribution in [2.24, 2.45) is 0 Å². The van der Waals surface area contributed by atoms with E-state index in [2.05, 4.69) is 15.3 Å². The van der Waals surface area contributed by atoms with Crippen LogP contribution in [0, 0.1) is 6.92 Å². The first-order valence-electron chi connectivity index (χ1n) is 9.28. The summed E-state index contributed by atoms with van der Waals surface area (Å²) in [7, 11) is 0. The molecule has 3 aromatic carbocycles. The summed E-state index contributed by atoms with van der Waals surface area (Å²) >= 11 is 5.97. The van der Waals surface area contributed by atoms with Crippen LogP contribution in [0.25, 0.3) is 22.4 Å². The van der Waals surface area contributed by atoms with Gasteiger partial charge in [0.05, 0.1) is 16.6 Å². The van der Waals surface area contributed by atoms with E-state index < -0.39 is 18.5 Å². The summed E-state index contributed by atoms with van der Waals surface area (Å²) in [4.78, 5) is 32.6. The van der Waals surface area contributed by atoms with Crippen LogP contribution in [-0.4, -0.2) is 28.5 Å². The standard InChI is InChI=1S/C23H18ClN3O3/c1-14-10-11-15(24)12-20(14)25-21(28)13-30-23(29)17-7-3-2-6-16(17)22-26-18-8-4-5-9-19(18)27-22/h2-12H,13H2,1H3,(H,25,28)(H,26,27). The molecule has 0 aliphatic rings. The number of nitrogens with one attached hydrogen (secondary N) is 2. The highest BCUT2D eigenvalue weighted by Crippen LogP contribution is 2.25. The number of aryl methyl sites for hydroxylation is 1. The second-order valence-corrected chi connectivity index (χ2v) is 7.17. The molecule has 4 rings (SSSR count). The third kappa shape index (κ3) is 4.18. The van der Waals surface area contributed by atoms with Gasteiger partial charge in [-0.2, -0.15) is 0 Å². The number of hydrogen-bond donors (Lipinski definition) is 2. The predicted molar refractivity (Wildman–Crippen MR) is 117 cm³/mol. The number of halogens is 1. The molecule has 1 amide bonds. The highest BCUT2D eigenvalue weighted by Gasteiger charge is 2.18. The van der Waals surface area contributed by atoms with Crippen LogP contribution < -0.4 is 5.32 Å². The van der Waals surface area contributed by atoms with Crippen LogP contribution in [0.2, 0.25) is 5.02 Å². The SMILES string of the molecule is Cc1ccc(Cl)cc1NC(=O)COC(=O)c1ccccc1-c1nc2ccccc2[nH]1. The Bertz CT molecular complexity index is 1220. The van der Waals surface area contributed by atoms with Crippen molar-refractivity contribution in [2.75, 3.05) is 11.9 Å². The number of hydrogen-bond acceptors (Lipinski definition) is 4. The second kappa shape index (κ2) is 8.39. The molecule has 0 bridgehead atoms. The van der Waals surface area contributed by atoms with Gasteiger partial charge in [-0.1, -0.05) is 48.0 Å². The number of anilines is 1. The number of ether oxygens (including phenoxy) is 1. The maximum absolute atomic E-state index is 12.7. The van der Waals surface area contributed by atoms with Crippen molar-refractivity contribution < 1.29 is 14.3 Å². The van der Waals surface area contributed by atoms with E-state index in [1.807, 2.05) is 37.3 Å². The van der Waals surface area contributed by atoms with Gasteiger partial charge < -0.3 is 15.0 Å². The van der Waals surface area contributed by atoms with E-state index in [4.69, 9.17) is 16.3 Å². The Morgan fingerprint density at radius 1 is 1.07 bits per heavy atom. The number of carbonyl (C=O) groups excluding carboxylic acids is 2. The number of para-hydroxylation sites is 2. The minimum Gasteiger partial charge on any atom is -0.452 e. The molecule has 0 spiro atoms. The van der Waals surface area contributed by atoms with Crippen molar-refractivity contribution in [1.82, 2.24) is 9.97 Å². The number of fused-ring (bicyclic) bond motifs is 1. The molecule has 150 valence electrons. The average Bonchev–Trinajstić information content (AvgIpc) is 3.19. The molecule has 2 N–H and O–H groups in total. The molecule has 6 nitrogen and oxygen atoms in total. The fraction of sp³-hybridized carbons (Fsp3) is 0.0870. The van der Waals surface area contributed by atoms with E-state index >= 15 is 0 Å². The van der Waals surface area contributed by atoms with Gasteiger partial charge in [-0.05, 0) is 42.8 Å². The first-order valence-corrected chi connectivity index (χ1v) is 9.66. The zero-order chi connectivity index (χ0) is 21.1. The number of aromatic amines is 1. The third-order valence-corrected chi connectivity index (χ3v) is 4.83. The average molecular weight is 420 g/mol. The molecule has 1 heterocycles. The van der Waals surface area contributed by atoms with E-state index in [1.165, 1.54) is 0 Å². The number of H-pyrrole nitrogens is 1. The number of aromatic nitrogens is 2. The van der Waals surface area contributed by atoms with Crippen LogP contribution in [0.3, 0.4) is 0 Å². The lowest BCUT2D eigenvalue weighted by atomic mass is 10.1. The Hall–Kier alpha value is -3.64. The quantitative estimate of drug-likeness (QED) is 0.446. The summed E-state index contributed by atoms with van der Waals surface area (Å²) in [6.07, 6.45) is 0. The lowest BCUT2D eigenvalue weighted by molar-refractivity contribution is -0.119. The lowest BCUT2D eigenvalue weighted by Crippen LogP contribution is -2.21. The third-order valence-electron chi connectivity index (χ3n) is 4.60. The van der Waals surface area contributed by atoms with E-state index in [-0.39, 0.29) is 0 Å². The van der Waals surface area contributed by atoms with Gasteiger partial charge in [0.2, 0.25) is 0 Å². The lowest BCUT2D eigenvalue weighted by Gasteiger charge is -2.10. The smallest absolute Gasteiger partial charge is 0.339 e. The molecule has 0 radical (unpaired) electrons. The summed E-state index contributed by atoms with van der Waals surface area (Å²) in [5, 5.41) is 3.21. The maximum Gasteiger partial charge on any atom is 0.339 e. The zero-order valence-electron chi connectivity index (χ0n) is 16.1. The number of benzene rings is 3. The van der Waals surface area contributed by atoms with E-state index in [1.54, 1.807) is 36.4 Å². The van der Waals surface area contributed by atoms with Crippen LogP contribution in [-0.2, 0) is 9.53 Å². The molecule has 1 aromatic heterocycles. The van der Waals surface area contributed by atoms with Gasteiger partial charge >= 0.3 is 5.97 Å². The van der Waals surface area contributed by atoms with Crippen LogP contribution in [0.4, 0.5) is 5.69 Å². The first kappa shape index (κ1) is 19.7. The normalized spacial score (nSPS) is 10.7. The number of carbonyl (C=O) groups is 2. The maximum atomic E-state index is 12.7. The number of esters is 1. The van der Waals surface area contributed by atoms with Gasteiger partial charge in [0.15, 0.2) is 6.61 Å². The summed E-state index contributed by atoms with van der Waals surface area (Å²) in [5.74, 6) is -0.498. The molecule has 0 atom stereocenters. The fourth-order valence-corrected chi connectivity index (χ4v) is 3.24. The summed E-state index contributed by atoms with van der Waals surface area (Å²) in [6.45, 7) is 1.43. The van der Waals surface area contributed by atoms with Gasteiger partial charge in [0.25, 0.3) is 5.91 Å². The minimum atomic E-state index is -0.607. The van der Waals surface area contributed by atoms with E-state index in [0.717, 1.165) is 16.6 Å². The van der Waals surface area contributed by atoms with Crippen molar-refractivity contribution in [3.63, 3.8) is 0 Å². The number of nitrogens with zero attached hydrogens (tertiary/aromatic N) is 1. The Morgan fingerprint density at radius 2 is 1.83 bits per heavy atom. The van der Waals surface area contributed by atoms with Crippen molar-refractivity contribution in [3.8, 4) is 11.4 Å². The molecule has 0 aliphatic heterocycles. The summed E-state index contributed by atoms with van der Waals surface area (Å²) in [5.41, 5.74) is 4.02. The molecular weight excluding hydrogens is 402 g/mol. The number of imidazole rings is 1. The highest BCUT2D eigenvalue weighted by molar-refractivity contribution is 6.31. The van der Waals surface area contributed by atoms with Gasteiger partial charge in [-0.15, -0.1) is 0 Å². The van der Waals surface area contributed by atoms with E-state index in [0.29, 0.717) is 27.7 Å². The molecule has 0 saturated heterocycles. The molecule has 7 heteroatoms. The topological polar surface area (TPSA) is 84.1 Å².